The molecule has 66 valence electrons. The van der Waals surface area contributed by atoms with E-state index in [0.717, 1.165) is 6.42 Å². The van der Waals surface area contributed by atoms with E-state index in [1.165, 1.54) is 0 Å². The van der Waals surface area contributed by atoms with Crippen molar-refractivity contribution in [2.24, 2.45) is 0 Å². The lowest BCUT2D eigenvalue weighted by atomic mass is 10.2. The maximum Gasteiger partial charge on any atom is 0.155 e. The van der Waals surface area contributed by atoms with Crippen molar-refractivity contribution in [2.45, 2.75) is 26.7 Å². The average Bonchev–Trinajstić information content (AvgIpc) is 2.05. The summed E-state index contributed by atoms with van der Waals surface area (Å²) in [4.78, 5) is 10.9. The van der Waals surface area contributed by atoms with Gasteiger partial charge in [0.05, 0.1) is 0 Å². The first-order valence-electron chi connectivity index (χ1n) is 4.30. The van der Waals surface area contributed by atoms with Gasteiger partial charge in [-0.1, -0.05) is 37.3 Å². The summed E-state index contributed by atoms with van der Waals surface area (Å²) in [5.74, 6) is 0.197. The van der Waals surface area contributed by atoms with E-state index in [-0.39, 0.29) is 5.78 Å². The summed E-state index contributed by atoms with van der Waals surface area (Å²) in [6.07, 6.45) is 12.6. The molecule has 12 heavy (non-hydrogen) atoms. The number of hydrogen-bond acceptors (Lipinski definition) is 1. The first-order valence-corrected chi connectivity index (χ1v) is 4.30. The second-order valence-corrected chi connectivity index (χ2v) is 2.49. The molecule has 0 rings (SSSR count). The zero-order valence-corrected chi connectivity index (χ0v) is 7.79. The van der Waals surface area contributed by atoms with Gasteiger partial charge in [0.15, 0.2) is 5.78 Å². The van der Waals surface area contributed by atoms with Crippen molar-refractivity contribution in [1.29, 1.82) is 0 Å². The molecule has 0 N–H and O–H groups in total. The minimum atomic E-state index is 0.197. The molecule has 1 heteroatoms. The highest BCUT2D eigenvalue weighted by molar-refractivity contribution is 5.89. The molecule has 0 unspecified atom stereocenters. The fraction of sp³-hybridized carbons (Fsp3) is 0.364. The second kappa shape index (κ2) is 7.99. The summed E-state index contributed by atoms with van der Waals surface area (Å²) < 4.78 is 0. The normalized spacial score (nSPS) is 12.2. The topological polar surface area (TPSA) is 17.1 Å². The number of hydrogen-bond donors (Lipinski definition) is 0. The summed E-state index contributed by atoms with van der Waals surface area (Å²) in [6.45, 7) is 3.96. The highest BCUT2D eigenvalue weighted by Gasteiger charge is 1.89. The molecule has 0 atom stereocenters. The Morgan fingerprint density at radius 1 is 1.17 bits per heavy atom. The summed E-state index contributed by atoms with van der Waals surface area (Å²) in [6, 6.07) is 0. The lowest BCUT2D eigenvalue weighted by molar-refractivity contribution is -0.114. The Kier molecular flexibility index (Phi) is 7.25. The van der Waals surface area contributed by atoms with Crippen LogP contribution < -0.4 is 0 Å². The Labute approximate surface area is 74.5 Å². The van der Waals surface area contributed by atoms with Crippen LogP contribution in [0.5, 0.6) is 0 Å². The summed E-state index contributed by atoms with van der Waals surface area (Å²) in [5.41, 5.74) is 0. The Morgan fingerprint density at radius 3 is 2.42 bits per heavy atom. The van der Waals surface area contributed by atoms with Crippen LogP contribution in [0.3, 0.4) is 0 Å². The van der Waals surface area contributed by atoms with Gasteiger partial charge in [0.25, 0.3) is 0 Å². The zero-order valence-electron chi connectivity index (χ0n) is 7.79. The molecule has 0 aromatic carbocycles. The first kappa shape index (κ1) is 10.9. The van der Waals surface area contributed by atoms with Crippen molar-refractivity contribution in [1.82, 2.24) is 0 Å². The SMILES string of the molecule is C\C=C/C=C/C=C/C(=O)CCC. The Morgan fingerprint density at radius 2 is 1.83 bits per heavy atom. The number of rotatable bonds is 5. The predicted molar refractivity (Wildman–Crippen MR) is 53.0 cm³/mol. The van der Waals surface area contributed by atoms with Gasteiger partial charge in [0.1, 0.15) is 0 Å². The van der Waals surface area contributed by atoms with Crippen LogP contribution >= 0.6 is 0 Å². The molecule has 0 aromatic heterocycles. The van der Waals surface area contributed by atoms with Gasteiger partial charge in [0, 0.05) is 6.42 Å². The third kappa shape index (κ3) is 7.00. The highest BCUT2D eigenvalue weighted by atomic mass is 16.1. The Hall–Kier alpha value is -1.11. The van der Waals surface area contributed by atoms with Crippen LogP contribution in [0.1, 0.15) is 26.7 Å². The molecular weight excluding hydrogens is 148 g/mol. The van der Waals surface area contributed by atoms with Crippen LogP contribution in [-0.2, 0) is 4.79 Å². The lowest BCUT2D eigenvalue weighted by Crippen LogP contribution is -1.88. The molecule has 0 fully saturated rings. The van der Waals surface area contributed by atoms with E-state index in [9.17, 15) is 4.79 Å². The summed E-state index contributed by atoms with van der Waals surface area (Å²) in [5, 5.41) is 0. The van der Waals surface area contributed by atoms with Crippen LogP contribution in [0, 0.1) is 0 Å². The van der Waals surface area contributed by atoms with Crippen LogP contribution in [0.15, 0.2) is 36.5 Å². The van der Waals surface area contributed by atoms with Gasteiger partial charge in [-0.15, -0.1) is 0 Å². The van der Waals surface area contributed by atoms with E-state index in [0.29, 0.717) is 6.42 Å². The van der Waals surface area contributed by atoms with Gasteiger partial charge >= 0.3 is 0 Å². The summed E-state index contributed by atoms with van der Waals surface area (Å²) >= 11 is 0. The largest absolute Gasteiger partial charge is 0.295 e. The molecule has 0 aliphatic carbocycles. The number of allylic oxidation sites excluding steroid dienone is 6. The fourth-order valence-electron chi connectivity index (χ4n) is 0.732. The van der Waals surface area contributed by atoms with Crippen LogP contribution in [0.2, 0.25) is 0 Å². The molecule has 0 saturated heterocycles. The quantitative estimate of drug-likeness (QED) is 0.451. The van der Waals surface area contributed by atoms with E-state index in [1.54, 1.807) is 12.2 Å². The first-order chi connectivity index (χ1) is 5.81. The molecule has 0 amide bonds. The van der Waals surface area contributed by atoms with Crippen molar-refractivity contribution >= 4 is 5.78 Å². The van der Waals surface area contributed by atoms with Crippen LogP contribution in [-0.4, -0.2) is 5.78 Å². The number of carbonyl (C=O) groups excluding carboxylic acids is 1. The van der Waals surface area contributed by atoms with Gasteiger partial charge in [-0.25, -0.2) is 0 Å². The van der Waals surface area contributed by atoms with E-state index in [2.05, 4.69) is 0 Å². The Bertz CT molecular complexity index is 197. The fourth-order valence-corrected chi connectivity index (χ4v) is 0.732. The molecule has 0 radical (unpaired) electrons. The smallest absolute Gasteiger partial charge is 0.155 e. The molecule has 0 saturated carbocycles. The monoisotopic (exact) mass is 164 g/mol. The molecule has 0 spiro atoms. The number of ketones is 1. The molecule has 0 bridgehead atoms. The molecule has 0 aliphatic rings. The minimum absolute atomic E-state index is 0.197. The zero-order chi connectivity index (χ0) is 9.23. The van der Waals surface area contributed by atoms with Crippen LogP contribution in [0.4, 0.5) is 0 Å². The van der Waals surface area contributed by atoms with Gasteiger partial charge in [-0.3, -0.25) is 4.79 Å². The van der Waals surface area contributed by atoms with Gasteiger partial charge < -0.3 is 0 Å². The van der Waals surface area contributed by atoms with Crippen molar-refractivity contribution in [2.75, 3.05) is 0 Å². The van der Waals surface area contributed by atoms with E-state index in [1.807, 2.05) is 38.2 Å². The lowest BCUT2D eigenvalue weighted by Gasteiger charge is -1.85. The van der Waals surface area contributed by atoms with E-state index < -0.39 is 0 Å². The maximum absolute atomic E-state index is 10.9. The van der Waals surface area contributed by atoms with Crippen molar-refractivity contribution < 1.29 is 4.79 Å². The molecule has 1 nitrogen and oxygen atoms in total. The van der Waals surface area contributed by atoms with Crippen molar-refractivity contribution in [3.05, 3.63) is 36.5 Å². The van der Waals surface area contributed by atoms with Crippen molar-refractivity contribution in [3.8, 4) is 0 Å². The Balaban J connectivity index is 3.67. The van der Waals surface area contributed by atoms with E-state index >= 15 is 0 Å². The second-order valence-electron chi connectivity index (χ2n) is 2.49. The average molecular weight is 164 g/mol. The molecule has 0 aliphatic heterocycles. The minimum Gasteiger partial charge on any atom is -0.295 e. The van der Waals surface area contributed by atoms with Gasteiger partial charge in [-0.05, 0) is 19.4 Å². The molecular formula is C11H16O. The predicted octanol–water partition coefficient (Wildman–Crippen LogP) is 3.04. The third-order valence-electron chi connectivity index (χ3n) is 1.30. The van der Waals surface area contributed by atoms with Gasteiger partial charge in [-0.2, -0.15) is 0 Å². The van der Waals surface area contributed by atoms with Crippen molar-refractivity contribution in [3.63, 3.8) is 0 Å². The highest BCUT2D eigenvalue weighted by Crippen LogP contribution is 1.90. The van der Waals surface area contributed by atoms with Gasteiger partial charge in [0.2, 0.25) is 0 Å². The third-order valence-corrected chi connectivity index (χ3v) is 1.30. The summed E-state index contributed by atoms with van der Waals surface area (Å²) in [7, 11) is 0. The molecule has 0 heterocycles. The molecule has 0 aromatic rings. The standard InChI is InChI=1S/C11H16O/c1-3-5-6-7-8-10-11(12)9-4-2/h3,5-8,10H,4,9H2,1-2H3/b5-3-,7-6+,10-8+. The van der Waals surface area contributed by atoms with Crippen LogP contribution in [0.25, 0.3) is 0 Å². The number of carbonyl (C=O) groups is 1. The van der Waals surface area contributed by atoms with E-state index in [4.69, 9.17) is 0 Å². The maximum atomic E-state index is 10.9.